The molecule has 0 saturated heterocycles. The number of anilines is 1. The average molecular weight is 521 g/mol. The van der Waals surface area contributed by atoms with E-state index in [1.54, 1.807) is 26.6 Å². The van der Waals surface area contributed by atoms with E-state index in [1.807, 2.05) is 41.3 Å². The number of nitrogens with one attached hydrogen (secondary N) is 1. The molecule has 6 nitrogen and oxygen atoms in total. The van der Waals surface area contributed by atoms with Crippen LogP contribution in [0, 0.1) is 0 Å². The second-order valence-corrected chi connectivity index (χ2v) is 10.5. The number of aromatic nitrogens is 2. The van der Waals surface area contributed by atoms with Crippen LogP contribution in [0.1, 0.15) is 47.3 Å². The number of rotatable bonds is 7. The fourth-order valence-corrected chi connectivity index (χ4v) is 6.38. The van der Waals surface area contributed by atoms with Gasteiger partial charge in [-0.1, -0.05) is 55.1 Å². The van der Waals surface area contributed by atoms with E-state index in [9.17, 15) is 4.79 Å². The number of hydrogen-bond donors (Lipinski definition) is 1. The first-order chi connectivity index (χ1) is 17.6. The normalized spacial score (nSPS) is 14.1. The van der Waals surface area contributed by atoms with Crippen molar-refractivity contribution in [2.45, 2.75) is 44.7 Å². The Morgan fingerprint density at radius 3 is 2.56 bits per heavy atom. The molecule has 1 fully saturated rings. The number of halogens is 1. The smallest absolute Gasteiger partial charge is 0.266 e. The van der Waals surface area contributed by atoms with Crippen molar-refractivity contribution in [1.82, 2.24) is 14.9 Å². The molecule has 1 amide bonds. The number of amides is 1. The van der Waals surface area contributed by atoms with Crippen LogP contribution in [0.15, 0.2) is 54.9 Å². The van der Waals surface area contributed by atoms with Gasteiger partial charge in [-0.05, 0) is 36.6 Å². The molecular weight excluding hydrogens is 492 g/mol. The molecule has 0 radical (unpaired) electrons. The van der Waals surface area contributed by atoms with Gasteiger partial charge in [0, 0.05) is 53.2 Å². The first-order valence-electron chi connectivity index (χ1n) is 12.2. The number of carbonyl (C=O) groups is 1. The lowest BCUT2D eigenvalue weighted by molar-refractivity contribution is 0.0618. The van der Waals surface area contributed by atoms with Gasteiger partial charge in [-0.3, -0.25) is 4.79 Å². The first-order valence-corrected chi connectivity index (χ1v) is 13.4. The molecule has 4 aromatic rings. The number of methoxy groups -OCH3 is 1. The molecule has 5 rings (SSSR count). The van der Waals surface area contributed by atoms with Crippen molar-refractivity contribution in [3.8, 4) is 16.9 Å². The largest absolute Gasteiger partial charge is 0.496 e. The highest BCUT2D eigenvalue weighted by atomic mass is 35.5. The lowest BCUT2D eigenvalue weighted by atomic mass is 9.93. The fourth-order valence-electron chi connectivity index (χ4n) is 4.91. The highest BCUT2D eigenvalue weighted by Gasteiger charge is 2.30. The molecule has 36 heavy (non-hydrogen) atoms. The molecule has 1 N–H and O–H groups in total. The third-order valence-corrected chi connectivity index (χ3v) is 8.50. The summed E-state index contributed by atoms with van der Waals surface area (Å²) in [5.74, 6) is 1.31. The van der Waals surface area contributed by atoms with E-state index in [4.69, 9.17) is 16.3 Å². The summed E-state index contributed by atoms with van der Waals surface area (Å²) in [5, 5.41) is 4.42. The second kappa shape index (κ2) is 10.8. The van der Waals surface area contributed by atoms with Crippen molar-refractivity contribution < 1.29 is 9.53 Å². The van der Waals surface area contributed by atoms with Crippen LogP contribution in [0.5, 0.6) is 5.75 Å². The molecule has 1 saturated carbocycles. The van der Waals surface area contributed by atoms with E-state index >= 15 is 0 Å². The summed E-state index contributed by atoms with van der Waals surface area (Å²) < 4.78 is 6.74. The molecule has 2 heterocycles. The Labute approximate surface area is 220 Å². The number of benzene rings is 2. The first kappa shape index (κ1) is 24.5. The number of hydrogen-bond acceptors (Lipinski definition) is 6. The Morgan fingerprint density at radius 1 is 1.11 bits per heavy atom. The molecule has 2 aromatic heterocycles. The van der Waals surface area contributed by atoms with Crippen LogP contribution in [0.25, 0.3) is 21.2 Å². The lowest BCUT2D eigenvalue weighted by Crippen LogP contribution is -2.40. The standard InChI is InChI=1S/C28H29ClN4O2S/c1-30-28-31-15-20(16-32-28)18-12-13-23(35-2)19(14-18)17-33(21-8-4-3-5-9-21)27(34)26-25(29)22-10-6-7-11-24(22)36-26/h6-7,10-16,21H,3-5,8-9,17H2,1-2H3,(H,30,31,32). The minimum atomic E-state index is -0.0118. The van der Waals surface area contributed by atoms with Crippen molar-refractivity contribution in [2.24, 2.45) is 0 Å². The van der Waals surface area contributed by atoms with Crippen molar-refractivity contribution in [2.75, 3.05) is 19.5 Å². The molecule has 1 aliphatic rings. The fraction of sp³-hybridized carbons (Fsp3) is 0.321. The zero-order valence-electron chi connectivity index (χ0n) is 20.5. The van der Waals surface area contributed by atoms with Crippen LogP contribution in [0.4, 0.5) is 5.95 Å². The van der Waals surface area contributed by atoms with E-state index in [0.29, 0.717) is 22.4 Å². The van der Waals surface area contributed by atoms with Crippen LogP contribution in [-0.4, -0.2) is 41.0 Å². The highest BCUT2D eigenvalue weighted by molar-refractivity contribution is 7.21. The number of thiophene rings is 1. The predicted octanol–water partition coefficient (Wildman–Crippen LogP) is 7.04. The maximum absolute atomic E-state index is 14.0. The third-order valence-electron chi connectivity index (χ3n) is 6.84. The molecule has 8 heteroatoms. The summed E-state index contributed by atoms with van der Waals surface area (Å²) in [6.07, 6.45) is 9.05. The molecule has 0 bridgehead atoms. The number of ether oxygens (including phenoxy) is 1. The van der Waals surface area contributed by atoms with E-state index in [1.165, 1.54) is 17.8 Å². The van der Waals surface area contributed by atoms with Gasteiger partial charge in [0.05, 0.1) is 12.1 Å². The van der Waals surface area contributed by atoms with Gasteiger partial charge in [0.15, 0.2) is 0 Å². The Hall–Kier alpha value is -3.16. The maximum Gasteiger partial charge on any atom is 0.266 e. The van der Waals surface area contributed by atoms with Crippen LogP contribution >= 0.6 is 22.9 Å². The predicted molar refractivity (Wildman–Crippen MR) is 147 cm³/mol. The average Bonchev–Trinajstić information content (AvgIpc) is 3.28. The summed E-state index contributed by atoms with van der Waals surface area (Å²) in [5.41, 5.74) is 2.83. The van der Waals surface area contributed by atoms with Crippen LogP contribution < -0.4 is 10.1 Å². The summed E-state index contributed by atoms with van der Waals surface area (Å²) in [6.45, 7) is 0.445. The van der Waals surface area contributed by atoms with Crippen molar-refractivity contribution in [3.05, 3.63) is 70.3 Å². The molecule has 0 unspecified atom stereocenters. The summed E-state index contributed by atoms with van der Waals surface area (Å²) >= 11 is 8.22. The second-order valence-electron chi connectivity index (χ2n) is 9.04. The Balaban J connectivity index is 1.52. The van der Waals surface area contributed by atoms with Crippen molar-refractivity contribution in [3.63, 3.8) is 0 Å². The Kier molecular flexibility index (Phi) is 7.39. The highest BCUT2D eigenvalue weighted by Crippen LogP contribution is 2.38. The van der Waals surface area contributed by atoms with E-state index in [0.717, 1.165) is 58.2 Å². The van der Waals surface area contributed by atoms with Gasteiger partial charge in [-0.15, -0.1) is 11.3 Å². The number of nitrogens with zero attached hydrogens (tertiary/aromatic N) is 3. The minimum absolute atomic E-state index is 0.0118. The SMILES string of the molecule is CNc1ncc(-c2ccc(OC)c(CN(C(=O)c3sc4ccccc4c3Cl)C3CCCCC3)c2)cn1. The van der Waals surface area contributed by atoms with Crippen molar-refractivity contribution >= 4 is 44.9 Å². The van der Waals surface area contributed by atoms with Gasteiger partial charge >= 0.3 is 0 Å². The van der Waals surface area contributed by atoms with Gasteiger partial charge in [0.25, 0.3) is 5.91 Å². The molecule has 186 valence electrons. The molecule has 2 aromatic carbocycles. The van der Waals surface area contributed by atoms with Crippen LogP contribution in [0.2, 0.25) is 5.02 Å². The van der Waals surface area contributed by atoms with Crippen LogP contribution in [-0.2, 0) is 6.54 Å². The van der Waals surface area contributed by atoms with Gasteiger partial charge < -0.3 is 15.0 Å². The van der Waals surface area contributed by atoms with Gasteiger partial charge in [0.2, 0.25) is 5.95 Å². The zero-order chi connectivity index (χ0) is 25.1. The zero-order valence-corrected chi connectivity index (χ0v) is 22.0. The lowest BCUT2D eigenvalue weighted by Gasteiger charge is -2.34. The van der Waals surface area contributed by atoms with Crippen LogP contribution in [0.3, 0.4) is 0 Å². The van der Waals surface area contributed by atoms with Crippen molar-refractivity contribution in [1.29, 1.82) is 0 Å². The van der Waals surface area contributed by atoms with Gasteiger partial charge in [-0.25, -0.2) is 9.97 Å². The molecule has 0 aliphatic heterocycles. The molecule has 1 aliphatic carbocycles. The summed E-state index contributed by atoms with van der Waals surface area (Å²) in [6, 6.07) is 14.1. The van der Waals surface area contributed by atoms with E-state index < -0.39 is 0 Å². The maximum atomic E-state index is 14.0. The minimum Gasteiger partial charge on any atom is -0.496 e. The number of carbonyl (C=O) groups excluding carboxylic acids is 1. The number of fused-ring (bicyclic) bond motifs is 1. The Bertz CT molecular complexity index is 1370. The topological polar surface area (TPSA) is 67.4 Å². The monoisotopic (exact) mass is 520 g/mol. The quantitative estimate of drug-likeness (QED) is 0.283. The Morgan fingerprint density at radius 2 is 1.86 bits per heavy atom. The van der Waals surface area contributed by atoms with E-state index in [-0.39, 0.29) is 11.9 Å². The summed E-state index contributed by atoms with van der Waals surface area (Å²) in [7, 11) is 3.46. The van der Waals surface area contributed by atoms with Gasteiger partial charge in [-0.2, -0.15) is 0 Å². The van der Waals surface area contributed by atoms with Gasteiger partial charge in [0.1, 0.15) is 10.6 Å². The molecular formula is C28H29ClN4O2S. The summed E-state index contributed by atoms with van der Waals surface area (Å²) in [4.78, 5) is 25.4. The molecule has 0 atom stereocenters. The molecule has 0 spiro atoms. The third kappa shape index (κ3) is 4.90. The van der Waals surface area contributed by atoms with E-state index in [2.05, 4.69) is 21.4 Å².